The van der Waals surface area contributed by atoms with E-state index in [0.29, 0.717) is 6.61 Å². The molecule has 4 nitrogen and oxygen atoms in total. The number of rotatable bonds is 6. The zero-order valence-corrected chi connectivity index (χ0v) is 9.73. The molecular formula is C9H17N3OS. The Bertz CT molecular complexity index is 262. The van der Waals surface area contributed by atoms with E-state index < -0.39 is 0 Å². The second kappa shape index (κ2) is 6.06. The van der Waals surface area contributed by atoms with Crippen LogP contribution in [0.15, 0.2) is 0 Å². The first-order chi connectivity index (χ1) is 6.72. The summed E-state index contributed by atoms with van der Waals surface area (Å²) in [6.45, 7) is 5.56. The van der Waals surface area contributed by atoms with Crippen LogP contribution in [0.3, 0.4) is 0 Å². The Balaban J connectivity index is 2.35. The Labute approximate surface area is 88.7 Å². The van der Waals surface area contributed by atoms with Crippen molar-refractivity contribution in [3.8, 4) is 0 Å². The first kappa shape index (κ1) is 11.6. The van der Waals surface area contributed by atoms with E-state index in [0.717, 1.165) is 23.0 Å². The van der Waals surface area contributed by atoms with Gasteiger partial charge in [-0.05, 0) is 20.9 Å². The molecule has 0 atom stereocenters. The molecule has 1 heterocycles. The van der Waals surface area contributed by atoms with E-state index in [4.69, 9.17) is 4.74 Å². The summed E-state index contributed by atoms with van der Waals surface area (Å²) in [6, 6.07) is 0. The van der Waals surface area contributed by atoms with Gasteiger partial charge in [-0.25, -0.2) is 0 Å². The molecule has 0 bridgehead atoms. The highest BCUT2D eigenvalue weighted by molar-refractivity contribution is 7.11. The molecule has 0 saturated heterocycles. The average Bonchev–Trinajstić information content (AvgIpc) is 2.59. The van der Waals surface area contributed by atoms with Crippen LogP contribution >= 0.6 is 11.3 Å². The Hall–Kier alpha value is -0.520. The summed E-state index contributed by atoms with van der Waals surface area (Å²) < 4.78 is 5.44. The van der Waals surface area contributed by atoms with Crippen molar-refractivity contribution < 1.29 is 4.74 Å². The fraction of sp³-hybridized carbons (Fsp3) is 0.778. The minimum atomic E-state index is 0.250. The van der Waals surface area contributed by atoms with Crippen LogP contribution in [0.1, 0.15) is 23.9 Å². The molecule has 80 valence electrons. The third kappa shape index (κ3) is 4.13. The molecule has 1 N–H and O–H groups in total. The van der Waals surface area contributed by atoms with Crippen LogP contribution in [0.2, 0.25) is 0 Å². The standard InChI is InChI=1S/C9H17N3OS/c1-7(2)13-6-9-12-11-8(14-9)4-5-10-3/h7,10H,4-6H2,1-3H3. The van der Waals surface area contributed by atoms with Crippen LogP contribution in [0.5, 0.6) is 0 Å². The lowest BCUT2D eigenvalue weighted by Gasteiger charge is -2.03. The van der Waals surface area contributed by atoms with Crippen LogP contribution in [0, 0.1) is 0 Å². The van der Waals surface area contributed by atoms with E-state index in [2.05, 4.69) is 15.5 Å². The van der Waals surface area contributed by atoms with Crippen molar-refractivity contribution in [2.75, 3.05) is 13.6 Å². The lowest BCUT2D eigenvalue weighted by molar-refractivity contribution is 0.0652. The molecule has 0 aliphatic heterocycles. The lowest BCUT2D eigenvalue weighted by Crippen LogP contribution is -2.09. The van der Waals surface area contributed by atoms with Gasteiger partial charge in [0, 0.05) is 13.0 Å². The normalized spacial score (nSPS) is 11.1. The summed E-state index contributed by atoms with van der Waals surface area (Å²) in [5.41, 5.74) is 0. The molecule has 0 amide bonds. The predicted octanol–water partition coefficient (Wildman–Crippen LogP) is 1.22. The molecule has 14 heavy (non-hydrogen) atoms. The predicted molar refractivity (Wildman–Crippen MR) is 57.5 cm³/mol. The quantitative estimate of drug-likeness (QED) is 0.775. The number of hydrogen-bond donors (Lipinski definition) is 1. The van der Waals surface area contributed by atoms with Crippen molar-refractivity contribution in [2.45, 2.75) is 33.0 Å². The number of hydrogen-bond acceptors (Lipinski definition) is 5. The van der Waals surface area contributed by atoms with Crippen molar-refractivity contribution in [2.24, 2.45) is 0 Å². The first-order valence-electron chi connectivity index (χ1n) is 4.80. The van der Waals surface area contributed by atoms with Gasteiger partial charge < -0.3 is 10.1 Å². The Morgan fingerprint density at radius 2 is 2.07 bits per heavy atom. The van der Waals surface area contributed by atoms with E-state index in [-0.39, 0.29) is 6.10 Å². The maximum atomic E-state index is 5.44. The van der Waals surface area contributed by atoms with Gasteiger partial charge in [0.1, 0.15) is 16.6 Å². The smallest absolute Gasteiger partial charge is 0.143 e. The molecule has 1 aromatic heterocycles. The van der Waals surface area contributed by atoms with Crippen molar-refractivity contribution in [1.82, 2.24) is 15.5 Å². The van der Waals surface area contributed by atoms with Gasteiger partial charge in [-0.1, -0.05) is 11.3 Å². The minimum absolute atomic E-state index is 0.250. The molecule has 0 aromatic carbocycles. The molecule has 0 radical (unpaired) electrons. The van der Waals surface area contributed by atoms with E-state index >= 15 is 0 Å². The van der Waals surface area contributed by atoms with Crippen LogP contribution in [0.4, 0.5) is 0 Å². The van der Waals surface area contributed by atoms with Crippen molar-refractivity contribution in [1.29, 1.82) is 0 Å². The van der Waals surface area contributed by atoms with Crippen molar-refractivity contribution >= 4 is 11.3 Å². The lowest BCUT2D eigenvalue weighted by atomic mass is 10.4. The second-order valence-corrected chi connectivity index (χ2v) is 4.45. The average molecular weight is 215 g/mol. The maximum Gasteiger partial charge on any atom is 0.143 e. The molecule has 0 aliphatic carbocycles. The van der Waals surface area contributed by atoms with Gasteiger partial charge in [-0.3, -0.25) is 0 Å². The zero-order valence-electron chi connectivity index (χ0n) is 8.91. The molecule has 0 aliphatic rings. The van der Waals surface area contributed by atoms with Gasteiger partial charge in [0.2, 0.25) is 0 Å². The fourth-order valence-electron chi connectivity index (χ4n) is 0.918. The third-order valence-electron chi connectivity index (χ3n) is 1.64. The van der Waals surface area contributed by atoms with Gasteiger partial charge in [-0.2, -0.15) is 0 Å². The van der Waals surface area contributed by atoms with Crippen LogP contribution < -0.4 is 5.32 Å². The van der Waals surface area contributed by atoms with Gasteiger partial charge in [0.25, 0.3) is 0 Å². The largest absolute Gasteiger partial charge is 0.372 e. The van der Waals surface area contributed by atoms with Crippen LogP contribution in [-0.4, -0.2) is 29.9 Å². The summed E-state index contributed by atoms with van der Waals surface area (Å²) in [7, 11) is 1.93. The van der Waals surface area contributed by atoms with E-state index in [9.17, 15) is 0 Å². The summed E-state index contributed by atoms with van der Waals surface area (Å²) in [4.78, 5) is 0. The molecule has 0 fully saturated rings. The van der Waals surface area contributed by atoms with Crippen LogP contribution in [-0.2, 0) is 17.8 Å². The Kier molecular flexibility index (Phi) is 5.00. The number of nitrogens with zero attached hydrogens (tertiary/aromatic N) is 2. The zero-order chi connectivity index (χ0) is 10.4. The molecule has 0 spiro atoms. The molecule has 5 heteroatoms. The van der Waals surface area contributed by atoms with E-state index in [1.54, 1.807) is 11.3 Å². The summed E-state index contributed by atoms with van der Waals surface area (Å²) in [5, 5.41) is 13.3. The van der Waals surface area contributed by atoms with Gasteiger partial charge in [0.05, 0.1) is 6.10 Å². The third-order valence-corrected chi connectivity index (χ3v) is 2.59. The molecule has 0 saturated carbocycles. The Morgan fingerprint density at radius 1 is 1.36 bits per heavy atom. The van der Waals surface area contributed by atoms with E-state index in [1.807, 2.05) is 20.9 Å². The minimum Gasteiger partial charge on any atom is -0.372 e. The molecule has 1 aromatic rings. The highest BCUT2D eigenvalue weighted by Gasteiger charge is 2.04. The summed E-state index contributed by atoms with van der Waals surface area (Å²) >= 11 is 1.63. The SMILES string of the molecule is CNCCc1nnc(COC(C)C)s1. The topological polar surface area (TPSA) is 47.0 Å². The highest BCUT2D eigenvalue weighted by atomic mass is 32.1. The second-order valence-electron chi connectivity index (χ2n) is 3.30. The molecule has 1 rings (SSSR count). The fourth-order valence-corrected chi connectivity index (χ4v) is 1.68. The van der Waals surface area contributed by atoms with Gasteiger partial charge in [-0.15, -0.1) is 10.2 Å². The summed E-state index contributed by atoms with van der Waals surface area (Å²) in [6.07, 6.45) is 1.19. The molecular weight excluding hydrogens is 198 g/mol. The van der Waals surface area contributed by atoms with Gasteiger partial charge in [0.15, 0.2) is 0 Å². The number of nitrogens with one attached hydrogen (secondary N) is 1. The monoisotopic (exact) mass is 215 g/mol. The van der Waals surface area contributed by atoms with Crippen molar-refractivity contribution in [3.63, 3.8) is 0 Å². The highest BCUT2D eigenvalue weighted by Crippen LogP contribution is 2.11. The summed E-state index contributed by atoms with van der Waals surface area (Å²) in [5.74, 6) is 0. The maximum absolute atomic E-state index is 5.44. The molecule has 0 unspecified atom stereocenters. The Morgan fingerprint density at radius 3 is 2.71 bits per heavy atom. The first-order valence-corrected chi connectivity index (χ1v) is 5.61. The number of aromatic nitrogens is 2. The number of likely N-dealkylation sites (N-methyl/N-ethyl adjacent to an activating group) is 1. The van der Waals surface area contributed by atoms with E-state index in [1.165, 1.54) is 0 Å². The van der Waals surface area contributed by atoms with Gasteiger partial charge >= 0.3 is 0 Å². The van der Waals surface area contributed by atoms with Crippen LogP contribution in [0.25, 0.3) is 0 Å². The van der Waals surface area contributed by atoms with Crippen molar-refractivity contribution in [3.05, 3.63) is 10.0 Å². The number of ether oxygens (including phenoxy) is 1.